The van der Waals surface area contributed by atoms with Gasteiger partial charge in [-0.05, 0) is 26.5 Å². The Balaban J connectivity index is 2.26. The maximum atomic E-state index is 10.0. The monoisotopic (exact) mass is 221 g/mol. The molecule has 0 aromatic heterocycles. The predicted molar refractivity (Wildman–Crippen MR) is 63.0 cm³/mol. The molecule has 0 radical (unpaired) electrons. The minimum Gasteiger partial charge on any atom is -0.365 e. The quantitative estimate of drug-likeness (QED) is 0.784. The molecule has 1 aliphatic rings. The Morgan fingerprint density at radius 1 is 1.38 bits per heavy atom. The van der Waals surface area contributed by atoms with Crippen LogP contribution < -0.4 is 0 Å². The maximum absolute atomic E-state index is 10.0. The molecule has 1 fully saturated rings. The third-order valence-corrected chi connectivity index (χ3v) is 3.19. The van der Waals surface area contributed by atoms with Crippen molar-refractivity contribution in [2.75, 3.05) is 13.6 Å². The van der Waals surface area contributed by atoms with Crippen LogP contribution in [0.15, 0.2) is 30.3 Å². The van der Waals surface area contributed by atoms with Crippen molar-refractivity contribution in [3.63, 3.8) is 0 Å². The molecule has 2 rings (SSSR count). The fourth-order valence-corrected chi connectivity index (χ4v) is 2.24. The number of rotatable bonds is 1. The second kappa shape index (κ2) is 4.17. The molecule has 1 aliphatic heterocycles. The lowest BCUT2D eigenvalue weighted by molar-refractivity contribution is -0.270. The number of nitrogens with zero attached hydrogens (tertiary/aromatic N) is 1. The first kappa shape index (κ1) is 11.6. The Morgan fingerprint density at radius 3 is 2.62 bits per heavy atom. The first-order valence-electron chi connectivity index (χ1n) is 5.65. The molecule has 0 saturated carbocycles. The fraction of sp³-hybridized carbons (Fsp3) is 0.538. The third-order valence-electron chi connectivity index (χ3n) is 3.19. The number of aliphatic hydroxyl groups is 1. The molecule has 1 aromatic rings. The molecule has 88 valence electrons. The van der Waals surface area contributed by atoms with E-state index in [9.17, 15) is 5.11 Å². The molecular formula is C13H19NO2. The lowest BCUT2D eigenvalue weighted by Crippen LogP contribution is -2.53. The summed E-state index contributed by atoms with van der Waals surface area (Å²) in [4.78, 5) is 2.13. The highest BCUT2D eigenvalue weighted by molar-refractivity contribution is 5.19. The summed E-state index contributed by atoms with van der Waals surface area (Å²) in [5, 5.41) is 10.0. The molecule has 1 N–H and O–H groups in total. The summed E-state index contributed by atoms with van der Waals surface area (Å²) in [6, 6.07) is 10.3. The average molecular weight is 221 g/mol. The van der Waals surface area contributed by atoms with Gasteiger partial charge >= 0.3 is 0 Å². The molecule has 0 aliphatic carbocycles. The molecule has 1 heterocycles. The van der Waals surface area contributed by atoms with E-state index in [1.54, 1.807) is 6.92 Å². The van der Waals surface area contributed by atoms with Gasteiger partial charge in [0.15, 0.2) is 5.79 Å². The van der Waals surface area contributed by atoms with Crippen LogP contribution >= 0.6 is 0 Å². The van der Waals surface area contributed by atoms with E-state index in [4.69, 9.17) is 4.74 Å². The summed E-state index contributed by atoms with van der Waals surface area (Å²) in [5.74, 6) is -1.07. The van der Waals surface area contributed by atoms with Gasteiger partial charge in [-0.15, -0.1) is 0 Å². The number of benzene rings is 1. The van der Waals surface area contributed by atoms with Crippen molar-refractivity contribution in [2.24, 2.45) is 0 Å². The number of hydrogen-bond donors (Lipinski definition) is 1. The van der Waals surface area contributed by atoms with E-state index in [0.717, 1.165) is 5.56 Å². The zero-order chi connectivity index (χ0) is 11.8. The van der Waals surface area contributed by atoms with E-state index in [-0.39, 0.29) is 12.1 Å². The van der Waals surface area contributed by atoms with Gasteiger partial charge in [0.25, 0.3) is 0 Å². The number of morpholine rings is 1. The summed E-state index contributed by atoms with van der Waals surface area (Å²) < 4.78 is 5.76. The molecule has 3 nitrogen and oxygen atoms in total. The molecular weight excluding hydrogens is 202 g/mol. The van der Waals surface area contributed by atoms with Crippen molar-refractivity contribution in [3.05, 3.63) is 35.9 Å². The van der Waals surface area contributed by atoms with Crippen molar-refractivity contribution in [1.29, 1.82) is 0 Å². The minimum atomic E-state index is -1.07. The lowest BCUT2D eigenvalue weighted by Gasteiger charge is -2.44. The van der Waals surface area contributed by atoms with Crippen LogP contribution in [0.25, 0.3) is 0 Å². The Kier molecular flexibility index (Phi) is 3.02. The van der Waals surface area contributed by atoms with Crippen molar-refractivity contribution in [2.45, 2.75) is 31.8 Å². The zero-order valence-corrected chi connectivity index (χ0v) is 10.1. The standard InChI is InChI=1S/C13H19NO2/c1-10-12(11-7-5-4-6-8-11)16-13(2,15)9-14(10)3/h4-8,10,12,15H,9H2,1-3H3/t10-,12-,13-/m0/s1. The summed E-state index contributed by atoms with van der Waals surface area (Å²) in [6.07, 6.45) is -0.0741. The van der Waals surface area contributed by atoms with E-state index in [2.05, 4.69) is 11.8 Å². The van der Waals surface area contributed by atoms with Gasteiger partial charge in [0, 0.05) is 6.04 Å². The molecule has 3 atom stereocenters. The molecule has 0 bridgehead atoms. The number of likely N-dealkylation sites (N-methyl/N-ethyl adjacent to an activating group) is 1. The normalized spacial score (nSPS) is 36.2. The predicted octanol–water partition coefficient (Wildman–Crippen LogP) is 1.79. The molecule has 16 heavy (non-hydrogen) atoms. The second-order valence-corrected chi connectivity index (χ2v) is 4.78. The first-order valence-corrected chi connectivity index (χ1v) is 5.65. The van der Waals surface area contributed by atoms with E-state index >= 15 is 0 Å². The second-order valence-electron chi connectivity index (χ2n) is 4.78. The molecule has 1 saturated heterocycles. The zero-order valence-electron chi connectivity index (χ0n) is 10.1. The number of ether oxygens (including phenoxy) is 1. The summed E-state index contributed by atoms with van der Waals surface area (Å²) in [6.45, 7) is 4.37. The van der Waals surface area contributed by atoms with Crippen LogP contribution in [0.3, 0.4) is 0 Å². The average Bonchev–Trinajstić information content (AvgIpc) is 2.24. The SMILES string of the molecule is C[C@H]1[C@@H](c2ccccc2)O[C@](C)(O)CN1C. The van der Waals surface area contributed by atoms with Gasteiger partial charge in [-0.2, -0.15) is 0 Å². The molecule has 1 aromatic carbocycles. The van der Waals surface area contributed by atoms with Gasteiger partial charge in [-0.25, -0.2) is 0 Å². The summed E-state index contributed by atoms with van der Waals surface area (Å²) in [7, 11) is 2.01. The van der Waals surface area contributed by atoms with Crippen molar-refractivity contribution in [3.8, 4) is 0 Å². The summed E-state index contributed by atoms with van der Waals surface area (Å²) in [5.41, 5.74) is 1.11. The third kappa shape index (κ3) is 2.26. The summed E-state index contributed by atoms with van der Waals surface area (Å²) >= 11 is 0. The Bertz CT molecular complexity index is 350. The Labute approximate surface area is 96.6 Å². The number of β-amino-alcohol motifs (C(OH)–C–C–N with tert-alkyl or cyclic N) is 1. The van der Waals surface area contributed by atoms with E-state index in [1.807, 2.05) is 37.4 Å². The van der Waals surface area contributed by atoms with Gasteiger partial charge < -0.3 is 9.84 Å². The minimum absolute atomic E-state index is 0.0741. The van der Waals surface area contributed by atoms with Crippen molar-refractivity contribution < 1.29 is 9.84 Å². The van der Waals surface area contributed by atoms with Crippen LogP contribution in [0.5, 0.6) is 0 Å². The highest BCUT2D eigenvalue weighted by atomic mass is 16.6. The smallest absolute Gasteiger partial charge is 0.176 e. The molecule has 0 unspecified atom stereocenters. The van der Waals surface area contributed by atoms with Gasteiger partial charge in [0.2, 0.25) is 0 Å². The van der Waals surface area contributed by atoms with Crippen LogP contribution in [0.1, 0.15) is 25.5 Å². The lowest BCUT2D eigenvalue weighted by atomic mass is 9.99. The maximum Gasteiger partial charge on any atom is 0.176 e. The topological polar surface area (TPSA) is 32.7 Å². The van der Waals surface area contributed by atoms with E-state index in [1.165, 1.54) is 0 Å². The van der Waals surface area contributed by atoms with Crippen LogP contribution in [0.2, 0.25) is 0 Å². The van der Waals surface area contributed by atoms with E-state index in [0.29, 0.717) is 6.54 Å². The first-order chi connectivity index (χ1) is 7.49. The van der Waals surface area contributed by atoms with Gasteiger partial charge in [0.05, 0.1) is 6.54 Å². The molecule has 3 heteroatoms. The highest BCUT2D eigenvalue weighted by Crippen LogP contribution is 2.33. The van der Waals surface area contributed by atoms with Crippen LogP contribution in [0.4, 0.5) is 0 Å². The van der Waals surface area contributed by atoms with Crippen LogP contribution in [-0.2, 0) is 4.74 Å². The molecule has 0 spiro atoms. The van der Waals surface area contributed by atoms with Gasteiger partial charge in [-0.1, -0.05) is 30.3 Å². The van der Waals surface area contributed by atoms with Gasteiger partial charge in [-0.3, -0.25) is 4.90 Å². The Morgan fingerprint density at radius 2 is 2.00 bits per heavy atom. The fourth-order valence-electron chi connectivity index (χ4n) is 2.24. The van der Waals surface area contributed by atoms with Crippen molar-refractivity contribution in [1.82, 2.24) is 4.90 Å². The highest BCUT2D eigenvalue weighted by Gasteiger charge is 2.38. The number of hydrogen-bond acceptors (Lipinski definition) is 3. The molecule has 0 amide bonds. The van der Waals surface area contributed by atoms with E-state index < -0.39 is 5.79 Å². The van der Waals surface area contributed by atoms with Gasteiger partial charge in [0.1, 0.15) is 6.10 Å². The van der Waals surface area contributed by atoms with Crippen LogP contribution in [-0.4, -0.2) is 35.4 Å². The van der Waals surface area contributed by atoms with Crippen LogP contribution in [0, 0.1) is 0 Å². The Hall–Kier alpha value is -0.900. The largest absolute Gasteiger partial charge is 0.365 e. The van der Waals surface area contributed by atoms with Crippen molar-refractivity contribution >= 4 is 0 Å².